The Kier molecular flexibility index (Phi) is 13.5. The van der Waals surface area contributed by atoms with Crippen LogP contribution in [-0.4, -0.2) is 44.3 Å². The monoisotopic (exact) mass is 903 g/mol. The molecule has 10 aromatic rings. The number of aryl methyl sites for hydroxylation is 9. The van der Waals surface area contributed by atoms with Crippen molar-refractivity contribution in [1.82, 2.24) is 44.3 Å². The number of hydrogen-bond acceptors (Lipinski definition) is 6. The number of nitrogens with zero attached hydrogens (tertiary/aromatic N) is 9. The second kappa shape index (κ2) is 20.9. The minimum Gasteiger partial charge on any atom is -0.279 e. The highest BCUT2D eigenvalue weighted by Gasteiger charge is 2.20. The van der Waals surface area contributed by atoms with Crippen molar-refractivity contribution in [3.05, 3.63) is 233 Å². The molecule has 10 rings (SSSR count). The molecule has 0 bridgehead atoms. The van der Waals surface area contributed by atoms with Gasteiger partial charge in [-0.2, -0.15) is 0 Å². The van der Waals surface area contributed by atoms with E-state index in [1.165, 1.54) is 33.4 Å². The van der Waals surface area contributed by atoms with E-state index in [4.69, 9.17) is 30.6 Å². The van der Waals surface area contributed by atoms with Crippen LogP contribution in [-0.2, 0) is 38.5 Å². The Morgan fingerprint density at radius 1 is 0.290 bits per heavy atom. The normalized spacial score (nSPS) is 11.3. The van der Waals surface area contributed by atoms with Crippen molar-refractivity contribution in [2.75, 3.05) is 0 Å². The summed E-state index contributed by atoms with van der Waals surface area (Å²) in [6, 6.07) is 63.9. The van der Waals surface area contributed by atoms with Gasteiger partial charge in [0.05, 0.1) is 17.1 Å². The zero-order valence-electron chi connectivity index (χ0n) is 39.7. The molecule has 9 heteroatoms. The fourth-order valence-electron chi connectivity index (χ4n) is 9.58. The number of para-hydroxylation sites is 3. The van der Waals surface area contributed by atoms with E-state index in [2.05, 4.69) is 198 Å². The average molecular weight is 904 g/mol. The Morgan fingerprint density at radius 2 is 0.551 bits per heavy atom. The summed E-state index contributed by atoms with van der Waals surface area (Å²) >= 11 is 0. The molecule has 0 aliphatic heterocycles. The van der Waals surface area contributed by atoms with Gasteiger partial charge in [-0.25, -0.2) is 0 Å². The summed E-state index contributed by atoms with van der Waals surface area (Å²) in [6.07, 6.45) is 7.96. The molecule has 342 valence electrons. The van der Waals surface area contributed by atoms with E-state index in [1.807, 2.05) is 18.2 Å². The molecule has 7 aromatic carbocycles. The standard InChI is InChI=1S/C60H57N9/c1-43-22-13-16-34-52(43)67-55(61-64-58(67)49-28-7-4-8-29-49)37-19-25-46-40-47(26-20-38-56-62-65-59(50-30-9-5-10-31-50)68(56)53-35-17-14-23-44(53)2)42-48(41-46)27-21-39-57-63-66-60(51-32-11-6-12-33-51)69(57)54-36-18-15-24-45(54)3/h4-18,22-24,28-36,40-42H,19-21,25-27,37-39H2,1-3H3. The van der Waals surface area contributed by atoms with E-state index in [9.17, 15) is 0 Å². The second-order valence-electron chi connectivity index (χ2n) is 18.0. The van der Waals surface area contributed by atoms with Crippen LogP contribution in [0.25, 0.3) is 51.2 Å². The highest BCUT2D eigenvalue weighted by Crippen LogP contribution is 2.30. The maximum atomic E-state index is 4.81. The van der Waals surface area contributed by atoms with Gasteiger partial charge in [0.1, 0.15) is 17.5 Å². The van der Waals surface area contributed by atoms with E-state index in [-0.39, 0.29) is 0 Å². The SMILES string of the molecule is Cc1ccccc1-n1c(CCCc2cc(CCCc3nnc(-c4ccccc4)n3-c3ccccc3C)cc(CCCc3nnc(-c4ccccc4)n3-c3ccccc3C)c2)nnc1-c1ccccc1. The molecule has 69 heavy (non-hydrogen) atoms. The van der Waals surface area contributed by atoms with Gasteiger partial charge in [0, 0.05) is 36.0 Å². The predicted octanol–water partition coefficient (Wildman–Crippen LogP) is 12.9. The molecule has 0 N–H and O–H groups in total. The van der Waals surface area contributed by atoms with E-state index in [1.54, 1.807) is 0 Å². The van der Waals surface area contributed by atoms with E-state index in [0.717, 1.165) is 126 Å². The largest absolute Gasteiger partial charge is 0.279 e. The fraction of sp³-hybridized carbons (Fsp3) is 0.200. The van der Waals surface area contributed by atoms with Crippen molar-refractivity contribution in [3.8, 4) is 51.2 Å². The summed E-state index contributed by atoms with van der Waals surface area (Å²) < 4.78 is 6.76. The minimum absolute atomic E-state index is 0.796. The summed E-state index contributed by atoms with van der Waals surface area (Å²) in [6.45, 7) is 6.47. The van der Waals surface area contributed by atoms with Crippen LogP contribution in [0.3, 0.4) is 0 Å². The lowest BCUT2D eigenvalue weighted by Gasteiger charge is -2.15. The first-order chi connectivity index (χ1) is 34.0. The molecule has 0 aliphatic carbocycles. The molecule has 0 amide bonds. The van der Waals surface area contributed by atoms with Gasteiger partial charge >= 0.3 is 0 Å². The molecule has 0 unspecified atom stereocenters. The Bertz CT molecular complexity index is 2930. The van der Waals surface area contributed by atoms with Gasteiger partial charge in [0.25, 0.3) is 0 Å². The molecule has 0 saturated heterocycles. The van der Waals surface area contributed by atoms with Crippen LogP contribution in [0.2, 0.25) is 0 Å². The number of benzene rings is 7. The van der Waals surface area contributed by atoms with Gasteiger partial charge < -0.3 is 0 Å². The van der Waals surface area contributed by atoms with Crippen LogP contribution in [0.1, 0.15) is 70.1 Å². The van der Waals surface area contributed by atoms with Crippen molar-refractivity contribution in [3.63, 3.8) is 0 Å². The number of rotatable bonds is 18. The average Bonchev–Trinajstić information content (AvgIpc) is 4.13. The highest BCUT2D eigenvalue weighted by molar-refractivity contribution is 5.62. The Morgan fingerprint density at radius 3 is 0.826 bits per heavy atom. The van der Waals surface area contributed by atoms with Crippen molar-refractivity contribution in [2.24, 2.45) is 0 Å². The third-order valence-electron chi connectivity index (χ3n) is 13.1. The van der Waals surface area contributed by atoms with Gasteiger partial charge in [-0.05, 0) is 111 Å². The van der Waals surface area contributed by atoms with E-state index >= 15 is 0 Å². The van der Waals surface area contributed by atoms with Gasteiger partial charge in [-0.15, -0.1) is 30.6 Å². The molecular formula is C60H57N9. The molecule has 0 aliphatic rings. The molecule has 0 fully saturated rings. The molecule has 3 heterocycles. The first-order valence-corrected chi connectivity index (χ1v) is 24.3. The first-order valence-electron chi connectivity index (χ1n) is 24.3. The van der Waals surface area contributed by atoms with Crippen LogP contribution >= 0.6 is 0 Å². The van der Waals surface area contributed by atoms with E-state index in [0.29, 0.717) is 0 Å². The van der Waals surface area contributed by atoms with Gasteiger partial charge in [0.2, 0.25) is 0 Å². The first kappa shape index (κ1) is 44.8. The van der Waals surface area contributed by atoms with Crippen LogP contribution in [0.5, 0.6) is 0 Å². The minimum atomic E-state index is 0.796. The molecule has 0 atom stereocenters. The number of hydrogen-bond donors (Lipinski definition) is 0. The summed E-state index contributed by atoms with van der Waals surface area (Å²) in [7, 11) is 0. The van der Waals surface area contributed by atoms with Crippen LogP contribution in [0, 0.1) is 20.8 Å². The lowest BCUT2D eigenvalue weighted by atomic mass is 9.96. The van der Waals surface area contributed by atoms with Crippen molar-refractivity contribution >= 4 is 0 Å². The molecule has 0 radical (unpaired) electrons. The van der Waals surface area contributed by atoms with Gasteiger partial charge in [0.15, 0.2) is 17.5 Å². The van der Waals surface area contributed by atoms with Crippen molar-refractivity contribution in [2.45, 2.75) is 78.6 Å². The maximum absolute atomic E-state index is 4.81. The van der Waals surface area contributed by atoms with Gasteiger partial charge in [-0.3, -0.25) is 13.7 Å². The molecule has 0 saturated carbocycles. The highest BCUT2D eigenvalue weighted by atomic mass is 15.3. The smallest absolute Gasteiger partial charge is 0.168 e. The van der Waals surface area contributed by atoms with Gasteiger partial charge in [-0.1, -0.05) is 164 Å². The van der Waals surface area contributed by atoms with E-state index < -0.39 is 0 Å². The number of aromatic nitrogens is 9. The van der Waals surface area contributed by atoms with Crippen molar-refractivity contribution in [1.29, 1.82) is 0 Å². The zero-order chi connectivity index (χ0) is 46.9. The lowest BCUT2D eigenvalue weighted by molar-refractivity contribution is 0.732. The Balaban J connectivity index is 0.919. The zero-order valence-corrected chi connectivity index (χ0v) is 39.7. The van der Waals surface area contributed by atoms with Crippen molar-refractivity contribution < 1.29 is 0 Å². The van der Waals surface area contributed by atoms with Crippen LogP contribution < -0.4 is 0 Å². The Labute approximate surface area is 405 Å². The molecule has 3 aromatic heterocycles. The maximum Gasteiger partial charge on any atom is 0.168 e. The van der Waals surface area contributed by atoms with Crippen LogP contribution in [0.4, 0.5) is 0 Å². The lowest BCUT2D eigenvalue weighted by Crippen LogP contribution is -2.07. The topological polar surface area (TPSA) is 92.1 Å². The fourth-order valence-corrected chi connectivity index (χ4v) is 9.58. The second-order valence-corrected chi connectivity index (χ2v) is 18.0. The van der Waals surface area contributed by atoms with Crippen LogP contribution in [0.15, 0.2) is 182 Å². The Hall–Kier alpha value is -8.04. The molecular weight excluding hydrogens is 847 g/mol. The summed E-state index contributed by atoms with van der Waals surface area (Å²) in [5.41, 5.74) is 14.1. The quantitative estimate of drug-likeness (QED) is 0.0852. The third kappa shape index (κ3) is 10.00. The molecule has 9 nitrogen and oxygen atoms in total. The molecule has 0 spiro atoms. The summed E-state index contributed by atoms with van der Waals surface area (Å²) in [4.78, 5) is 0. The summed E-state index contributed by atoms with van der Waals surface area (Å²) in [5, 5.41) is 28.7. The third-order valence-corrected chi connectivity index (χ3v) is 13.1. The summed E-state index contributed by atoms with van der Waals surface area (Å²) in [5.74, 6) is 5.52. The predicted molar refractivity (Wildman–Crippen MR) is 277 cm³/mol.